The average Bonchev–Trinajstić information content (AvgIpc) is 2.95. The van der Waals surface area contributed by atoms with Crippen molar-refractivity contribution in [1.82, 2.24) is 0 Å². The molecule has 2 heteroatoms. The van der Waals surface area contributed by atoms with Crippen molar-refractivity contribution < 1.29 is 4.42 Å². The predicted molar refractivity (Wildman–Crippen MR) is 95.5 cm³/mol. The fourth-order valence-corrected chi connectivity index (χ4v) is 3.55. The zero-order valence-corrected chi connectivity index (χ0v) is 13.2. The quantitative estimate of drug-likeness (QED) is 0.311. The first-order valence-corrected chi connectivity index (χ1v) is 8.03. The lowest BCUT2D eigenvalue weighted by Gasteiger charge is -2.05. The van der Waals surface area contributed by atoms with Crippen LogP contribution in [0.5, 0.6) is 0 Å². The van der Waals surface area contributed by atoms with Crippen molar-refractivity contribution in [3.63, 3.8) is 0 Å². The van der Waals surface area contributed by atoms with Crippen molar-refractivity contribution in [2.75, 3.05) is 0 Å². The number of hydrogen-bond acceptors (Lipinski definition) is 1. The lowest BCUT2D eigenvalue weighted by molar-refractivity contribution is 0.670. The zero-order chi connectivity index (χ0) is 14.7. The molecule has 0 radical (unpaired) electrons. The van der Waals surface area contributed by atoms with Gasteiger partial charge in [0.05, 0.1) is 0 Å². The maximum atomic E-state index is 6.22. The van der Waals surface area contributed by atoms with Gasteiger partial charge in [0.1, 0.15) is 11.2 Å². The number of rotatable bonds is 1. The second-order valence-electron chi connectivity index (χ2n) is 5.57. The van der Waals surface area contributed by atoms with Crippen LogP contribution in [-0.4, -0.2) is 0 Å². The van der Waals surface area contributed by atoms with Gasteiger partial charge in [0.2, 0.25) is 0 Å². The highest BCUT2D eigenvalue weighted by molar-refractivity contribution is 9.10. The third kappa shape index (κ3) is 1.59. The molecule has 0 fully saturated rings. The monoisotopic (exact) mass is 346 g/mol. The molecule has 0 amide bonds. The van der Waals surface area contributed by atoms with Gasteiger partial charge in [0.25, 0.3) is 0 Å². The van der Waals surface area contributed by atoms with E-state index in [1.807, 2.05) is 6.07 Å². The van der Waals surface area contributed by atoms with Gasteiger partial charge in [-0.25, -0.2) is 0 Å². The van der Waals surface area contributed by atoms with Gasteiger partial charge in [-0.15, -0.1) is 0 Å². The summed E-state index contributed by atoms with van der Waals surface area (Å²) in [5, 5.41) is 4.92. The molecule has 104 valence electrons. The summed E-state index contributed by atoms with van der Waals surface area (Å²) in [5.41, 5.74) is 4.25. The third-order valence-corrected chi connectivity index (χ3v) is 4.84. The Balaban J connectivity index is 1.96. The molecule has 22 heavy (non-hydrogen) atoms. The Morgan fingerprint density at radius 1 is 0.682 bits per heavy atom. The van der Waals surface area contributed by atoms with Crippen molar-refractivity contribution >= 4 is 48.6 Å². The summed E-state index contributed by atoms with van der Waals surface area (Å²) >= 11 is 3.49. The molecule has 0 aliphatic heterocycles. The molecule has 0 N–H and O–H groups in total. The Kier molecular flexibility index (Phi) is 2.42. The second kappa shape index (κ2) is 4.34. The van der Waals surface area contributed by atoms with E-state index in [4.69, 9.17) is 4.42 Å². The van der Waals surface area contributed by atoms with E-state index in [-0.39, 0.29) is 0 Å². The molecular formula is C20H11BrO. The van der Waals surface area contributed by atoms with Gasteiger partial charge in [0, 0.05) is 20.8 Å². The van der Waals surface area contributed by atoms with Gasteiger partial charge in [-0.3, -0.25) is 0 Å². The molecule has 0 unspecified atom stereocenters. The molecule has 1 nitrogen and oxygen atoms in total. The highest BCUT2D eigenvalue weighted by Gasteiger charge is 2.16. The molecule has 5 aromatic rings. The normalized spacial score (nSPS) is 11.9. The lowest BCUT2D eigenvalue weighted by atomic mass is 9.97. The van der Waals surface area contributed by atoms with Crippen LogP contribution in [-0.2, 0) is 0 Å². The summed E-state index contributed by atoms with van der Waals surface area (Å²) in [5.74, 6) is 0. The molecule has 0 spiro atoms. The highest BCUT2D eigenvalue weighted by atomic mass is 79.9. The molecule has 0 aliphatic rings. The van der Waals surface area contributed by atoms with E-state index >= 15 is 0 Å². The summed E-state index contributed by atoms with van der Waals surface area (Å²) < 4.78 is 7.30. The van der Waals surface area contributed by atoms with Crippen molar-refractivity contribution in [3.8, 4) is 11.1 Å². The van der Waals surface area contributed by atoms with E-state index in [2.05, 4.69) is 76.6 Å². The predicted octanol–water partition coefficient (Wildman–Crippen LogP) is 6.61. The minimum absolute atomic E-state index is 0.961. The van der Waals surface area contributed by atoms with Gasteiger partial charge in [0.15, 0.2) is 0 Å². The summed E-state index contributed by atoms with van der Waals surface area (Å²) in [4.78, 5) is 0. The minimum Gasteiger partial charge on any atom is -0.455 e. The first-order chi connectivity index (χ1) is 10.8. The van der Waals surface area contributed by atoms with Gasteiger partial charge in [-0.1, -0.05) is 58.4 Å². The van der Waals surface area contributed by atoms with Crippen molar-refractivity contribution in [3.05, 3.63) is 71.2 Å². The Bertz CT molecular complexity index is 1120. The second-order valence-corrected chi connectivity index (χ2v) is 6.48. The number of hydrogen-bond donors (Lipinski definition) is 0. The average molecular weight is 347 g/mol. The number of furan rings is 1. The van der Waals surface area contributed by atoms with E-state index in [0.717, 1.165) is 21.2 Å². The summed E-state index contributed by atoms with van der Waals surface area (Å²) in [6.07, 6.45) is 0. The molecular weight excluding hydrogens is 336 g/mol. The van der Waals surface area contributed by atoms with E-state index in [0.29, 0.717) is 0 Å². The standard InChI is InChI=1S/C20H11BrO/c21-15-9-6-12(7-10-15)16-11-8-14-5-4-13-2-1-3-17-18(13)19(14)20(16)22-17/h1-11H. The zero-order valence-electron chi connectivity index (χ0n) is 11.6. The van der Waals surface area contributed by atoms with Crippen LogP contribution >= 0.6 is 15.9 Å². The van der Waals surface area contributed by atoms with Gasteiger partial charge >= 0.3 is 0 Å². The minimum atomic E-state index is 0.961. The largest absolute Gasteiger partial charge is 0.455 e. The van der Waals surface area contributed by atoms with E-state index in [1.165, 1.54) is 27.1 Å². The molecule has 1 heterocycles. The smallest absolute Gasteiger partial charge is 0.143 e. The lowest BCUT2D eigenvalue weighted by Crippen LogP contribution is -1.81. The third-order valence-electron chi connectivity index (χ3n) is 4.31. The Hall–Kier alpha value is -2.32. The van der Waals surface area contributed by atoms with Crippen LogP contribution < -0.4 is 0 Å². The van der Waals surface area contributed by atoms with Gasteiger partial charge < -0.3 is 4.42 Å². The summed E-state index contributed by atoms with van der Waals surface area (Å²) in [7, 11) is 0. The van der Waals surface area contributed by atoms with Crippen LogP contribution in [0, 0.1) is 0 Å². The molecule has 0 saturated carbocycles. The fourth-order valence-electron chi connectivity index (χ4n) is 3.29. The van der Waals surface area contributed by atoms with E-state index in [9.17, 15) is 0 Å². The topological polar surface area (TPSA) is 13.1 Å². The molecule has 0 bridgehead atoms. The van der Waals surface area contributed by atoms with Crippen molar-refractivity contribution in [1.29, 1.82) is 0 Å². The molecule has 0 atom stereocenters. The summed E-state index contributed by atoms with van der Waals surface area (Å²) in [6.45, 7) is 0. The highest BCUT2D eigenvalue weighted by Crippen LogP contribution is 2.41. The van der Waals surface area contributed by atoms with Crippen LogP contribution in [0.3, 0.4) is 0 Å². The first-order valence-electron chi connectivity index (χ1n) is 7.23. The van der Waals surface area contributed by atoms with Gasteiger partial charge in [-0.2, -0.15) is 0 Å². The maximum Gasteiger partial charge on any atom is 0.143 e. The van der Waals surface area contributed by atoms with Gasteiger partial charge in [-0.05, 0) is 40.6 Å². The Morgan fingerprint density at radius 3 is 2.23 bits per heavy atom. The fraction of sp³-hybridized carbons (Fsp3) is 0. The molecule has 0 aliphatic carbocycles. The molecule has 1 aromatic heterocycles. The molecule has 0 saturated heterocycles. The first kappa shape index (κ1) is 12.2. The van der Waals surface area contributed by atoms with Crippen molar-refractivity contribution in [2.24, 2.45) is 0 Å². The number of benzene rings is 4. The van der Waals surface area contributed by atoms with Crippen LogP contribution in [0.25, 0.3) is 43.8 Å². The Labute approximate surface area is 135 Å². The van der Waals surface area contributed by atoms with Crippen LogP contribution in [0.2, 0.25) is 0 Å². The number of halogens is 1. The van der Waals surface area contributed by atoms with Crippen molar-refractivity contribution in [2.45, 2.75) is 0 Å². The van der Waals surface area contributed by atoms with Crippen LogP contribution in [0.15, 0.2) is 75.6 Å². The molecule has 5 rings (SSSR count). The van der Waals surface area contributed by atoms with E-state index < -0.39 is 0 Å². The SMILES string of the molecule is Brc1ccc(-c2ccc3ccc4cccc5oc2c3c45)cc1. The maximum absolute atomic E-state index is 6.22. The molecule has 4 aromatic carbocycles. The Morgan fingerprint density at radius 2 is 1.41 bits per heavy atom. The van der Waals surface area contributed by atoms with E-state index in [1.54, 1.807) is 0 Å². The summed E-state index contributed by atoms with van der Waals surface area (Å²) in [6, 6.07) is 23.3. The van der Waals surface area contributed by atoms with Crippen LogP contribution in [0.1, 0.15) is 0 Å². The van der Waals surface area contributed by atoms with Crippen LogP contribution in [0.4, 0.5) is 0 Å².